The van der Waals surface area contributed by atoms with Crippen molar-refractivity contribution in [2.75, 3.05) is 25.3 Å². The average Bonchev–Trinajstić information content (AvgIpc) is 3.16. The summed E-state index contributed by atoms with van der Waals surface area (Å²) in [6, 6.07) is 11.4. The number of amides is 1. The molecule has 0 radical (unpaired) electrons. The number of nitrogens with zero attached hydrogens (tertiary/aromatic N) is 3. The fraction of sp³-hybridized carbons (Fsp3) is 0.190. The van der Waals surface area contributed by atoms with Gasteiger partial charge in [0.2, 0.25) is 5.91 Å². The van der Waals surface area contributed by atoms with E-state index >= 15 is 0 Å². The maximum atomic E-state index is 12.5. The molecule has 3 rings (SSSR count). The molecular weight excluding hydrogens is 456 g/mol. The highest BCUT2D eigenvalue weighted by Crippen LogP contribution is 2.25. The standard InChI is InChI=1S/C21H19ClN4O5S/c1-26-18(12-5-4-6-15(22)8-12)24-25-21(26)32-11-17(27)23-16-9-13(19(28)30-2)7-14(10-16)20(29)31-3/h4-10H,11H2,1-3H3,(H,23,27). The highest BCUT2D eigenvalue weighted by Gasteiger charge is 2.16. The highest BCUT2D eigenvalue weighted by molar-refractivity contribution is 7.99. The van der Waals surface area contributed by atoms with Crippen LogP contribution in [0.1, 0.15) is 20.7 Å². The number of aromatic nitrogens is 3. The molecule has 0 spiro atoms. The Hall–Kier alpha value is -3.37. The van der Waals surface area contributed by atoms with Gasteiger partial charge in [-0.1, -0.05) is 35.5 Å². The Kier molecular flexibility index (Phi) is 7.49. The fourth-order valence-corrected chi connectivity index (χ4v) is 3.72. The lowest BCUT2D eigenvalue weighted by Crippen LogP contribution is -2.16. The Bertz CT molecular complexity index is 1150. The van der Waals surface area contributed by atoms with Crippen molar-refractivity contribution in [3.63, 3.8) is 0 Å². The first-order chi connectivity index (χ1) is 15.3. The van der Waals surface area contributed by atoms with Crippen molar-refractivity contribution in [3.8, 4) is 11.4 Å². The van der Waals surface area contributed by atoms with Crippen LogP contribution in [-0.2, 0) is 21.3 Å². The first-order valence-corrected chi connectivity index (χ1v) is 10.6. The van der Waals surface area contributed by atoms with Gasteiger partial charge < -0.3 is 19.4 Å². The molecule has 1 N–H and O–H groups in total. The summed E-state index contributed by atoms with van der Waals surface area (Å²) < 4.78 is 11.2. The van der Waals surface area contributed by atoms with Crippen molar-refractivity contribution in [3.05, 3.63) is 58.6 Å². The monoisotopic (exact) mass is 474 g/mol. The van der Waals surface area contributed by atoms with Crippen molar-refractivity contribution in [2.24, 2.45) is 7.05 Å². The molecule has 0 fully saturated rings. The number of thioether (sulfide) groups is 1. The third-order valence-corrected chi connectivity index (χ3v) is 5.56. The van der Waals surface area contributed by atoms with Gasteiger partial charge >= 0.3 is 11.9 Å². The molecular formula is C21H19ClN4O5S. The van der Waals surface area contributed by atoms with Gasteiger partial charge in [-0.3, -0.25) is 4.79 Å². The number of methoxy groups -OCH3 is 2. The summed E-state index contributed by atoms with van der Waals surface area (Å²) in [5.74, 6) is -1.01. The third kappa shape index (κ3) is 5.45. The molecule has 0 aliphatic heterocycles. The summed E-state index contributed by atoms with van der Waals surface area (Å²) >= 11 is 7.23. The lowest BCUT2D eigenvalue weighted by Gasteiger charge is -2.09. The van der Waals surface area contributed by atoms with Crippen molar-refractivity contribution in [2.45, 2.75) is 5.16 Å². The quantitative estimate of drug-likeness (QED) is 0.409. The molecule has 0 aliphatic rings. The number of hydrogen-bond acceptors (Lipinski definition) is 8. The summed E-state index contributed by atoms with van der Waals surface area (Å²) in [6.07, 6.45) is 0. The molecule has 9 nitrogen and oxygen atoms in total. The number of carbonyl (C=O) groups excluding carboxylic acids is 3. The Morgan fingerprint density at radius 2 is 1.69 bits per heavy atom. The lowest BCUT2D eigenvalue weighted by atomic mass is 10.1. The van der Waals surface area contributed by atoms with Crippen LogP contribution in [0.25, 0.3) is 11.4 Å². The minimum absolute atomic E-state index is 0.0253. The van der Waals surface area contributed by atoms with Crippen LogP contribution >= 0.6 is 23.4 Å². The molecule has 11 heteroatoms. The van der Waals surface area contributed by atoms with Crippen molar-refractivity contribution < 1.29 is 23.9 Å². The molecule has 32 heavy (non-hydrogen) atoms. The van der Waals surface area contributed by atoms with Gasteiger partial charge in [-0.25, -0.2) is 9.59 Å². The Labute approximate surface area is 193 Å². The summed E-state index contributed by atoms with van der Waals surface area (Å²) in [5.41, 5.74) is 1.28. The molecule has 0 saturated heterocycles. The molecule has 2 aromatic carbocycles. The van der Waals surface area contributed by atoms with Gasteiger partial charge in [0.1, 0.15) is 0 Å². The normalized spacial score (nSPS) is 10.5. The lowest BCUT2D eigenvalue weighted by molar-refractivity contribution is -0.113. The van der Waals surface area contributed by atoms with Crippen LogP contribution in [0, 0.1) is 0 Å². The predicted molar refractivity (Wildman–Crippen MR) is 120 cm³/mol. The first-order valence-electron chi connectivity index (χ1n) is 9.22. The smallest absolute Gasteiger partial charge is 0.337 e. The maximum Gasteiger partial charge on any atom is 0.337 e. The third-order valence-electron chi connectivity index (χ3n) is 4.31. The van der Waals surface area contributed by atoms with E-state index in [1.807, 2.05) is 12.1 Å². The Balaban J connectivity index is 1.71. The first kappa shape index (κ1) is 23.3. The van der Waals surface area contributed by atoms with Gasteiger partial charge in [0.15, 0.2) is 11.0 Å². The number of rotatable bonds is 7. The van der Waals surface area contributed by atoms with Gasteiger partial charge in [0.05, 0.1) is 31.1 Å². The Morgan fingerprint density at radius 3 is 2.28 bits per heavy atom. The van der Waals surface area contributed by atoms with E-state index in [1.54, 1.807) is 23.7 Å². The van der Waals surface area contributed by atoms with Gasteiger partial charge in [-0.05, 0) is 30.3 Å². The second-order valence-corrected chi connectivity index (χ2v) is 7.87. The number of esters is 2. The predicted octanol–water partition coefficient (Wildman–Crippen LogP) is 3.44. The SMILES string of the molecule is COC(=O)c1cc(NC(=O)CSc2nnc(-c3cccc(Cl)c3)n2C)cc(C(=O)OC)c1. The zero-order chi connectivity index (χ0) is 23.3. The number of benzene rings is 2. The van der Waals surface area contributed by atoms with Gasteiger partial charge in [0, 0.05) is 23.3 Å². The van der Waals surface area contributed by atoms with E-state index in [0.717, 1.165) is 5.56 Å². The van der Waals surface area contributed by atoms with Gasteiger partial charge in [-0.15, -0.1) is 10.2 Å². The van der Waals surface area contributed by atoms with Crippen LogP contribution in [0.2, 0.25) is 5.02 Å². The van der Waals surface area contributed by atoms with Crippen LogP contribution in [0.5, 0.6) is 0 Å². The van der Waals surface area contributed by atoms with E-state index < -0.39 is 11.9 Å². The molecule has 0 bridgehead atoms. The van der Waals surface area contributed by atoms with Crippen molar-refractivity contribution >= 4 is 46.9 Å². The largest absolute Gasteiger partial charge is 0.465 e. The molecule has 0 atom stereocenters. The van der Waals surface area contributed by atoms with E-state index in [1.165, 1.54) is 44.2 Å². The van der Waals surface area contributed by atoms with E-state index in [-0.39, 0.29) is 28.5 Å². The second kappa shape index (κ2) is 10.3. The molecule has 1 heterocycles. The molecule has 1 aromatic heterocycles. The zero-order valence-electron chi connectivity index (χ0n) is 17.4. The number of halogens is 1. The van der Waals surface area contributed by atoms with Crippen LogP contribution in [0.15, 0.2) is 47.6 Å². The minimum Gasteiger partial charge on any atom is -0.465 e. The second-order valence-electron chi connectivity index (χ2n) is 6.49. The van der Waals surface area contributed by atoms with Gasteiger partial charge in [-0.2, -0.15) is 0 Å². The zero-order valence-corrected chi connectivity index (χ0v) is 19.0. The number of hydrogen-bond donors (Lipinski definition) is 1. The minimum atomic E-state index is -0.645. The molecule has 0 unspecified atom stereocenters. The summed E-state index contributed by atoms with van der Waals surface area (Å²) in [5, 5.41) is 12.1. The number of anilines is 1. The van der Waals surface area contributed by atoms with Crippen LogP contribution < -0.4 is 5.32 Å². The average molecular weight is 475 g/mol. The summed E-state index contributed by atoms with van der Waals surface area (Å²) in [7, 11) is 4.24. The maximum absolute atomic E-state index is 12.5. The van der Waals surface area contributed by atoms with E-state index in [4.69, 9.17) is 21.1 Å². The number of nitrogens with one attached hydrogen (secondary N) is 1. The molecule has 1 amide bonds. The topological polar surface area (TPSA) is 112 Å². The molecule has 166 valence electrons. The summed E-state index contributed by atoms with van der Waals surface area (Å²) in [4.78, 5) is 36.3. The highest BCUT2D eigenvalue weighted by atomic mass is 35.5. The number of carbonyl (C=O) groups is 3. The van der Waals surface area contributed by atoms with Crippen LogP contribution in [-0.4, -0.2) is 52.6 Å². The van der Waals surface area contributed by atoms with Crippen molar-refractivity contribution in [1.29, 1.82) is 0 Å². The van der Waals surface area contributed by atoms with Gasteiger partial charge in [0.25, 0.3) is 0 Å². The number of ether oxygens (including phenoxy) is 2. The van der Waals surface area contributed by atoms with Crippen molar-refractivity contribution in [1.82, 2.24) is 14.8 Å². The fourth-order valence-electron chi connectivity index (χ4n) is 2.82. The molecule has 0 saturated carbocycles. The van der Waals surface area contributed by atoms with E-state index in [9.17, 15) is 14.4 Å². The molecule has 0 aliphatic carbocycles. The summed E-state index contributed by atoms with van der Waals surface area (Å²) in [6.45, 7) is 0. The van der Waals surface area contributed by atoms with E-state index in [2.05, 4.69) is 15.5 Å². The Morgan fingerprint density at radius 1 is 1.03 bits per heavy atom. The van der Waals surface area contributed by atoms with E-state index in [0.29, 0.717) is 16.0 Å². The molecule has 3 aromatic rings. The van der Waals surface area contributed by atoms with Crippen LogP contribution in [0.4, 0.5) is 5.69 Å². The van der Waals surface area contributed by atoms with Crippen LogP contribution in [0.3, 0.4) is 0 Å².